The van der Waals surface area contributed by atoms with E-state index in [1.807, 2.05) is 0 Å². The van der Waals surface area contributed by atoms with Gasteiger partial charge in [-0.05, 0) is 24.3 Å². The van der Waals surface area contributed by atoms with E-state index in [0.29, 0.717) is 0 Å². The van der Waals surface area contributed by atoms with Gasteiger partial charge in [0.25, 0.3) is 0 Å². The van der Waals surface area contributed by atoms with Crippen LogP contribution in [0.5, 0.6) is 0 Å². The van der Waals surface area contributed by atoms with Gasteiger partial charge >= 0.3 is 5.97 Å². The van der Waals surface area contributed by atoms with Crippen LogP contribution in [-0.2, 0) is 14.3 Å². The molecule has 0 aromatic heterocycles. The van der Waals surface area contributed by atoms with Crippen molar-refractivity contribution in [3.05, 3.63) is 59.7 Å². The van der Waals surface area contributed by atoms with Crippen LogP contribution in [-0.4, -0.2) is 24.9 Å². The molecule has 0 aliphatic rings. The van der Waals surface area contributed by atoms with E-state index in [4.69, 9.17) is 0 Å². The topological polar surface area (TPSA) is 84.5 Å². The molecule has 2 rings (SSSR count). The third kappa shape index (κ3) is 4.84. The summed E-state index contributed by atoms with van der Waals surface area (Å²) in [4.78, 5) is 35.4. The molecule has 0 spiro atoms. The fourth-order valence-corrected chi connectivity index (χ4v) is 2.00. The largest absolute Gasteiger partial charge is 0.465 e. The molecule has 6 nitrogen and oxygen atoms in total. The molecule has 0 radical (unpaired) electrons. The van der Waals surface area contributed by atoms with Gasteiger partial charge in [0.05, 0.1) is 18.4 Å². The fourth-order valence-electron chi connectivity index (χ4n) is 2.00. The van der Waals surface area contributed by atoms with E-state index < -0.39 is 35.8 Å². The van der Waals surface area contributed by atoms with Gasteiger partial charge in [0, 0.05) is 11.8 Å². The first-order chi connectivity index (χ1) is 11.9. The molecule has 0 atom stereocenters. The second kappa shape index (κ2) is 8.00. The Bertz CT molecular complexity index is 824. The Morgan fingerprint density at radius 3 is 2.32 bits per heavy atom. The number of halogens is 2. The van der Waals surface area contributed by atoms with Crippen LogP contribution in [0.4, 0.5) is 20.2 Å². The van der Waals surface area contributed by atoms with Crippen molar-refractivity contribution in [3.63, 3.8) is 0 Å². The lowest BCUT2D eigenvalue weighted by atomic mass is 10.1. The number of para-hydroxylation sites is 1. The van der Waals surface area contributed by atoms with Crippen LogP contribution in [0.25, 0.3) is 0 Å². The standard InChI is InChI=1S/C17H14F2N2O4/c1-25-17(24)11-4-2-3-5-14(11)21-16(23)9-15(22)20-10-6-7-12(18)13(19)8-10/h2-8H,9H2,1H3,(H,20,22)(H,21,23). The summed E-state index contributed by atoms with van der Waals surface area (Å²) in [6.07, 6.45) is -0.575. The molecule has 0 unspecified atom stereocenters. The minimum absolute atomic E-state index is 0.0201. The number of carbonyl (C=O) groups is 3. The Labute approximate surface area is 141 Å². The minimum Gasteiger partial charge on any atom is -0.465 e. The zero-order chi connectivity index (χ0) is 18.4. The number of hydrogen-bond acceptors (Lipinski definition) is 4. The first-order valence-corrected chi connectivity index (χ1v) is 7.13. The summed E-state index contributed by atoms with van der Waals surface area (Å²) in [6.45, 7) is 0. The number of ether oxygens (including phenoxy) is 1. The third-order valence-electron chi connectivity index (χ3n) is 3.13. The maximum Gasteiger partial charge on any atom is 0.339 e. The number of amides is 2. The Hall–Kier alpha value is -3.29. The Morgan fingerprint density at radius 2 is 1.64 bits per heavy atom. The molecule has 0 saturated carbocycles. The van der Waals surface area contributed by atoms with Gasteiger partial charge in [-0.1, -0.05) is 12.1 Å². The molecule has 0 bridgehead atoms. The number of benzene rings is 2. The number of carbonyl (C=O) groups excluding carboxylic acids is 3. The van der Waals surface area contributed by atoms with Crippen molar-refractivity contribution in [1.82, 2.24) is 0 Å². The highest BCUT2D eigenvalue weighted by Crippen LogP contribution is 2.17. The van der Waals surface area contributed by atoms with Crippen LogP contribution in [0.15, 0.2) is 42.5 Å². The second-order valence-corrected chi connectivity index (χ2v) is 4.94. The summed E-state index contributed by atoms with van der Waals surface area (Å²) in [7, 11) is 1.20. The maximum atomic E-state index is 13.1. The molecule has 8 heteroatoms. The number of anilines is 2. The van der Waals surface area contributed by atoms with E-state index in [1.54, 1.807) is 12.1 Å². The average Bonchev–Trinajstić information content (AvgIpc) is 2.57. The van der Waals surface area contributed by atoms with E-state index in [-0.39, 0.29) is 16.9 Å². The highest BCUT2D eigenvalue weighted by molar-refractivity contribution is 6.09. The highest BCUT2D eigenvalue weighted by atomic mass is 19.2. The molecule has 2 aromatic rings. The molecule has 0 aliphatic carbocycles. The lowest BCUT2D eigenvalue weighted by Crippen LogP contribution is -2.22. The molecule has 0 fully saturated rings. The molecule has 130 valence electrons. The predicted octanol–water partition coefficient (Wildman–Crippen LogP) is 2.72. The van der Waals surface area contributed by atoms with Gasteiger partial charge in [-0.3, -0.25) is 9.59 Å². The Kier molecular flexibility index (Phi) is 5.78. The number of rotatable bonds is 5. The van der Waals surface area contributed by atoms with E-state index in [2.05, 4.69) is 15.4 Å². The maximum absolute atomic E-state index is 13.1. The zero-order valence-electron chi connectivity index (χ0n) is 13.1. The number of hydrogen-bond donors (Lipinski definition) is 2. The van der Waals surface area contributed by atoms with Crippen molar-refractivity contribution in [3.8, 4) is 0 Å². The van der Waals surface area contributed by atoms with Gasteiger partial charge in [0.1, 0.15) is 6.42 Å². The van der Waals surface area contributed by atoms with Crippen molar-refractivity contribution in [1.29, 1.82) is 0 Å². The van der Waals surface area contributed by atoms with Gasteiger partial charge in [-0.25, -0.2) is 13.6 Å². The molecule has 2 N–H and O–H groups in total. The molecule has 2 aromatic carbocycles. The predicted molar refractivity (Wildman–Crippen MR) is 86.0 cm³/mol. The lowest BCUT2D eigenvalue weighted by Gasteiger charge is -2.10. The van der Waals surface area contributed by atoms with Crippen LogP contribution in [0, 0.1) is 11.6 Å². The van der Waals surface area contributed by atoms with Crippen molar-refractivity contribution < 1.29 is 27.9 Å². The summed E-state index contributed by atoms with van der Waals surface area (Å²) in [6, 6.07) is 8.97. The highest BCUT2D eigenvalue weighted by Gasteiger charge is 2.15. The van der Waals surface area contributed by atoms with Crippen molar-refractivity contribution in [2.24, 2.45) is 0 Å². The summed E-state index contributed by atoms with van der Waals surface area (Å²) in [5.41, 5.74) is 0.353. The molecular formula is C17H14F2N2O4. The monoisotopic (exact) mass is 348 g/mol. The van der Waals surface area contributed by atoms with Crippen LogP contribution in [0.1, 0.15) is 16.8 Å². The van der Waals surface area contributed by atoms with E-state index in [1.165, 1.54) is 25.3 Å². The van der Waals surface area contributed by atoms with Gasteiger partial charge in [-0.2, -0.15) is 0 Å². The molecule has 0 saturated heterocycles. The molecule has 2 amide bonds. The number of methoxy groups -OCH3 is 1. The first-order valence-electron chi connectivity index (χ1n) is 7.13. The van der Waals surface area contributed by atoms with Crippen LogP contribution < -0.4 is 10.6 Å². The van der Waals surface area contributed by atoms with Crippen LogP contribution in [0.2, 0.25) is 0 Å². The second-order valence-electron chi connectivity index (χ2n) is 4.94. The van der Waals surface area contributed by atoms with Crippen LogP contribution >= 0.6 is 0 Å². The quantitative estimate of drug-likeness (QED) is 0.643. The SMILES string of the molecule is COC(=O)c1ccccc1NC(=O)CC(=O)Nc1ccc(F)c(F)c1. The van der Waals surface area contributed by atoms with Crippen molar-refractivity contribution in [2.75, 3.05) is 17.7 Å². The first kappa shape index (κ1) is 18.1. The van der Waals surface area contributed by atoms with E-state index >= 15 is 0 Å². The molecule has 25 heavy (non-hydrogen) atoms. The smallest absolute Gasteiger partial charge is 0.339 e. The molecule has 0 aliphatic heterocycles. The zero-order valence-corrected chi connectivity index (χ0v) is 13.1. The fraction of sp³-hybridized carbons (Fsp3) is 0.118. The summed E-state index contributed by atoms with van der Waals surface area (Å²) < 4.78 is 30.5. The Balaban J connectivity index is 1.99. The van der Waals surface area contributed by atoms with Gasteiger partial charge < -0.3 is 15.4 Å². The Morgan fingerprint density at radius 1 is 0.960 bits per heavy atom. The number of nitrogens with one attached hydrogen (secondary N) is 2. The molecular weight excluding hydrogens is 334 g/mol. The van der Waals surface area contributed by atoms with Gasteiger partial charge in [0.2, 0.25) is 11.8 Å². The summed E-state index contributed by atoms with van der Waals surface area (Å²) >= 11 is 0. The third-order valence-corrected chi connectivity index (χ3v) is 3.13. The average molecular weight is 348 g/mol. The minimum atomic E-state index is -1.12. The lowest BCUT2D eigenvalue weighted by molar-refractivity contribution is -0.123. The normalized spacial score (nSPS) is 10.0. The van der Waals surface area contributed by atoms with Crippen molar-refractivity contribution in [2.45, 2.75) is 6.42 Å². The summed E-state index contributed by atoms with van der Waals surface area (Å²) in [5, 5.41) is 4.71. The van der Waals surface area contributed by atoms with Crippen LogP contribution in [0.3, 0.4) is 0 Å². The van der Waals surface area contributed by atoms with Gasteiger partial charge in [0.15, 0.2) is 11.6 Å². The summed E-state index contributed by atoms with van der Waals surface area (Å²) in [5.74, 6) is -4.21. The van der Waals surface area contributed by atoms with E-state index in [9.17, 15) is 23.2 Å². The van der Waals surface area contributed by atoms with Crippen molar-refractivity contribution >= 4 is 29.2 Å². The number of esters is 1. The molecule has 0 heterocycles. The van der Waals surface area contributed by atoms with Gasteiger partial charge in [-0.15, -0.1) is 0 Å². The van der Waals surface area contributed by atoms with E-state index in [0.717, 1.165) is 12.1 Å².